The Morgan fingerprint density at radius 3 is 2.35 bits per heavy atom. The van der Waals surface area contributed by atoms with E-state index in [9.17, 15) is 9.59 Å². The summed E-state index contributed by atoms with van der Waals surface area (Å²) in [7, 11) is 4.78. The van der Waals surface area contributed by atoms with E-state index in [-0.39, 0.29) is 29.7 Å². The summed E-state index contributed by atoms with van der Waals surface area (Å²) in [4.78, 5) is 28.1. The lowest BCUT2D eigenvalue weighted by Crippen LogP contribution is -2.36. The van der Waals surface area contributed by atoms with Gasteiger partial charge in [-0.05, 0) is 37.1 Å². The molecule has 1 aliphatic heterocycles. The second-order valence-electron chi connectivity index (χ2n) is 8.05. The molecule has 2 aromatic carbocycles. The molecule has 2 fully saturated rings. The summed E-state index contributed by atoms with van der Waals surface area (Å²) in [5, 5.41) is 3.11. The molecule has 0 unspecified atom stereocenters. The molecule has 1 saturated carbocycles. The number of likely N-dealkylation sites (tertiary alicyclic amines) is 1. The summed E-state index contributed by atoms with van der Waals surface area (Å²) >= 11 is 0. The quantitative estimate of drug-likeness (QED) is 0.740. The molecule has 0 bridgehead atoms. The largest absolute Gasteiger partial charge is 0.497 e. The number of hydrogen-bond donors (Lipinski definition) is 1. The van der Waals surface area contributed by atoms with Gasteiger partial charge in [0.2, 0.25) is 5.91 Å². The second kappa shape index (κ2) is 8.88. The summed E-state index contributed by atoms with van der Waals surface area (Å²) in [5.41, 5.74) is 1.45. The van der Waals surface area contributed by atoms with Crippen LogP contribution in [0.1, 0.15) is 34.7 Å². The zero-order chi connectivity index (χ0) is 22.0. The maximum absolute atomic E-state index is 13.2. The Bertz CT molecular complexity index is 972. The summed E-state index contributed by atoms with van der Waals surface area (Å²) in [5.74, 6) is 1.32. The van der Waals surface area contributed by atoms with Crippen LogP contribution in [-0.2, 0) is 4.79 Å². The van der Waals surface area contributed by atoms with Crippen LogP contribution in [-0.4, -0.2) is 57.2 Å². The molecule has 7 heteroatoms. The van der Waals surface area contributed by atoms with E-state index in [1.807, 2.05) is 18.2 Å². The predicted octanol–water partition coefficient (Wildman–Crippen LogP) is 2.85. The summed E-state index contributed by atoms with van der Waals surface area (Å²) < 4.78 is 16.2. The first-order valence-electron chi connectivity index (χ1n) is 10.5. The van der Waals surface area contributed by atoms with Crippen molar-refractivity contribution >= 4 is 11.8 Å². The van der Waals surface area contributed by atoms with Crippen molar-refractivity contribution in [3.63, 3.8) is 0 Å². The normalized spacial score (nSPS) is 20.3. The van der Waals surface area contributed by atoms with Gasteiger partial charge in [-0.2, -0.15) is 0 Å². The van der Waals surface area contributed by atoms with Gasteiger partial charge in [0.05, 0.1) is 27.2 Å². The van der Waals surface area contributed by atoms with Crippen molar-refractivity contribution in [3.8, 4) is 17.2 Å². The van der Waals surface area contributed by atoms with Crippen LogP contribution in [0.5, 0.6) is 17.2 Å². The SMILES string of the molecule is COc1cccc(C(=O)N2C[C@H](C(=O)NC3CC3)[C@@H](c3ccc(OC)cc3OC)C2)c1. The highest BCUT2D eigenvalue weighted by atomic mass is 16.5. The third-order valence-corrected chi connectivity index (χ3v) is 6.02. The van der Waals surface area contributed by atoms with E-state index in [1.165, 1.54) is 0 Å². The molecule has 2 amide bonds. The number of carbonyl (C=O) groups excluding carboxylic acids is 2. The average Bonchev–Trinajstić information content (AvgIpc) is 3.51. The van der Waals surface area contributed by atoms with Crippen molar-refractivity contribution < 1.29 is 23.8 Å². The van der Waals surface area contributed by atoms with E-state index in [4.69, 9.17) is 14.2 Å². The zero-order valence-corrected chi connectivity index (χ0v) is 18.1. The van der Waals surface area contributed by atoms with Crippen molar-refractivity contribution in [3.05, 3.63) is 53.6 Å². The average molecular weight is 424 g/mol. The Morgan fingerprint density at radius 1 is 0.935 bits per heavy atom. The molecule has 0 aromatic heterocycles. The smallest absolute Gasteiger partial charge is 0.254 e. The highest BCUT2D eigenvalue weighted by Crippen LogP contribution is 2.40. The number of benzene rings is 2. The van der Waals surface area contributed by atoms with E-state index >= 15 is 0 Å². The highest BCUT2D eigenvalue weighted by molar-refractivity contribution is 5.95. The number of hydrogen-bond acceptors (Lipinski definition) is 5. The van der Waals surface area contributed by atoms with Gasteiger partial charge >= 0.3 is 0 Å². The van der Waals surface area contributed by atoms with Gasteiger partial charge in [-0.25, -0.2) is 0 Å². The van der Waals surface area contributed by atoms with Gasteiger partial charge in [0.15, 0.2) is 0 Å². The first kappa shape index (κ1) is 21.0. The molecule has 1 N–H and O–H groups in total. The van der Waals surface area contributed by atoms with Gasteiger partial charge in [0.25, 0.3) is 5.91 Å². The van der Waals surface area contributed by atoms with Crippen molar-refractivity contribution in [1.82, 2.24) is 10.2 Å². The standard InChI is InChI=1S/C24H28N2O5/c1-29-17-6-4-5-15(11-17)24(28)26-13-20(21(14-26)23(27)25-16-7-8-16)19-10-9-18(30-2)12-22(19)31-3/h4-6,9-12,16,20-21H,7-8,13-14H2,1-3H3,(H,25,27)/t20-,21+/m1/s1. The molecule has 2 aromatic rings. The van der Waals surface area contributed by atoms with E-state index < -0.39 is 0 Å². The van der Waals surface area contributed by atoms with Crippen LogP contribution >= 0.6 is 0 Å². The lowest BCUT2D eigenvalue weighted by atomic mass is 9.87. The summed E-state index contributed by atoms with van der Waals surface area (Å²) in [6.45, 7) is 0.788. The van der Waals surface area contributed by atoms with E-state index in [0.29, 0.717) is 35.9 Å². The maximum atomic E-state index is 13.2. The van der Waals surface area contributed by atoms with Gasteiger partial charge in [-0.15, -0.1) is 0 Å². The number of amides is 2. The molecule has 31 heavy (non-hydrogen) atoms. The Balaban J connectivity index is 1.63. The molecular formula is C24H28N2O5. The van der Waals surface area contributed by atoms with Crippen molar-refractivity contribution in [2.24, 2.45) is 5.92 Å². The molecule has 164 valence electrons. The van der Waals surface area contributed by atoms with Crippen LogP contribution in [0.25, 0.3) is 0 Å². The van der Waals surface area contributed by atoms with Gasteiger partial charge in [-0.3, -0.25) is 9.59 Å². The molecule has 1 aliphatic carbocycles. The van der Waals surface area contributed by atoms with Crippen molar-refractivity contribution in [2.75, 3.05) is 34.4 Å². The number of nitrogens with zero attached hydrogens (tertiary/aromatic N) is 1. The predicted molar refractivity (Wildman–Crippen MR) is 116 cm³/mol. The summed E-state index contributed by atoms with van der Waals surface area (Å²) in [6.07, 6.45) is 2.03. The van der Waals surface area contributed by atoms with E-state index in [1.54, 1.807) is 50.5 Å². The van der Waals surface area contributed by atoms with E-state index in [0.717, 1.165) is 18.4 Å². The van der Waals surface area contributed by atoms with Crippen molar-refractivity contribution in [1.29, 1.82) is 0 Å². The molecule has 1 heterocycles. The first-order chi connectivity index (χ1) is 15.0. The lowest BCUT2D eigenvalue weighted by molar-refractivity contribution is -0.125. The molecule has 2 atom stereocenters. The van der Waals surface area contributed by atoms with Crippen LogP contribution in [0.3, 0.4) is 0 Å². The third kappa shape index (κ3) is 4.45. The number of nitrogens with one attached hydrogen (secondary N) is 1. The first-order valence-corrected chi connectivity index (χ1v) is 10.5. The maximum Gasteiger partial charge on any atom is 0.254 e. The monoisotopic (exact) mass is 424 g/mol. The Hall–Kier alpha value is -3.22. The van der Waals surface area contributed by atoms with Gasteiger partial charge in [-0.1, -0.05) is 12.1 Å². The van der Waals surface area contributed by atoms with E-state index in [2.05, 4.69) is 5.32 Å². The van der Waals surface area contributed by atoms with Crippen LogP contribution in [0.4, 0.5) is 0 Å². The molecule has 0 spiro atoms. The highest BCUT2D eigenvalue weighted by Gasteiger charge is 2.43. The number of methoxy groups -OCH3 is 3. The minimum atomic E-state index is -0.350. The number of rotatable bonds is 7. The molecule has 1 saturated heterocycles. The fraction of sp³-hybridized carbons (Fsp3) is 0.417. The van der Waals surface area contributed by atoms with Crippen LogP contribution in [0.15, 0.2) is 42.5 Å². The topological polar surface area (TPSA) is 77.1 Å². The van der Waals surface area contributed by atoms with Crippen molar-refractivity contribution in [2.45, 2.75) is 24.8 Å². The van der Waals surface area contributed by atoms with Crippen LogP contribution < -0.4 is 19.5 Å². The Kier molecular flexibility index (Phi) is 6.02. The van der Waals surface area contributed by atoms with Gasteiger partial charge < -0.3 is 24.4 Å². The van der Waals surface area contributed by atoms with Crippen LogP contribution in [0.2, 0.25) is 0 Å². The lowest BCUT2D eigenvalue weighted by Gasteiger charge is -2.21. The molecule has 0 radical (unpaired) electrons. The number of ether oxygens (including phenoxy) is 3. The molecule has 4 rings (SSSR count). The van der Waals surface area contributed by atoms with Gasteiger partial charge in [0, 0.05) is 42.2 Å². The minimum Gasteiger partial charge on any atom is -0.497 e. The molecule has 7 nitrogen and oxygen atoms in total. The fourth-order valence-electron chi connectivity index (χ4n) is 4.15. The molecule has 2 aliphatic rings. The van der Waals surface area contributed by atoms with Gasteiger partial charge in [0.1, 0.15) is 17.2 Å². The Labute approximate surface area is 182 Å². The molecular weight excluding hydrogens is 396 g/mol. The second-order valence-corrected chi connectivity index (χ2v) is 8.05. The summed E-state index contributed by atoms with van der Waals surface area (Å²) in [6, 6.07) is 13.0. The van der Waals surface area contributed by atoms with Crippen LogP contribution in [0, 0.1) is 5.92 Å². The minimum absolute atomic E-state index is 0.00804. The number of carbonyl (C=O) groups is 2. The fourth-order valence-corrected chi connectivity index (χ4v) is 4.15. The third-order valence-electron chi connectivity index (χ3n) is 6.02. The zero-order valence-electron chi connectivity index (χ0n) is 18.1. The Morgan fingerprint density at radius 2 is 1.68 bits per heavy atom.